The van der Waals surface area contributed by atoms with Crippen LogP contribution in [0.25, 0.3) is 0 Å². The number of hydrogen-bond donors (Lipinski definition) is 2. The van der Waals surface area contributed by atoms with Crippen LogP contribution in [0.3, 0.4) is 0 Å². The Labute approximate surface area is 120 Å². The summed E-state index contributed by atoms with van der Waals surface area (Å²) in [4.78, 5) is 0.117. The summed E-state index contributed by atoms with van der Waals surface area (Å²) in [5.41, 5.74) is -0.318. The summed E-state index contributed by atoms with van der Waals surface area (Å²) in [5.74, 6) is 0. The fourth-order valence-electron chi connectivity index (χ4n) is 1.70. The van der Waals surface area contributed by atoms with Gasteiger partial charge in [0.1, 0.15) is 0 Å². The molecule has 1 atom stereocenters. The third-order valence-electron chi connectivity index (χ3n) is 3.53. The smallest absolute Gasteiger partial charge is 0.243 e. The second kappa shape index (κ2) is 6.22. The van der Waals surface area contributed by atoms with Gasteiger partial charge in [-0.2, -0.15) is 4.31 Å². The molecular formula is C14H23NO4S. The first kappa shape index (κ1) is 17.1. The lowest BCUT2D eigenvalue weighted by atomic mass is 10.1. The Morgan fingerprint density at radius 2 is 1.95 bits per heavy atom. The van der Waals surface area contributed by atoms with E-state index in [-0.39, 0.29) is 11.5 Å². The van der Waals surface area contributed by atoms with Crippen LogP contribution in [0.5, 0.6) is 0 Å². The first-order valence-corrected chi connectivity index (χ1v) is 7.98. The first-order chi connectivity index (χ1) is 9.16. The predicted octanol–water partition coefficient (Wildman–Crippen LogP) is 1.52. The molecule has 0 aromatic heterocycles. The Hall–Kier alpha value is -0.950. The number of hydrogen-bond acceptors (Lipinski definition) is 4. The highest BCUT2D eigenvalue weighted by Gasteiger charge is 2.33. The summed E-state index contributed by atoms with van der Waals surface area (Å²) in [6, 6.07) is 6.28. The van der Waals surface area contributed by atoms with Crippen molar-refractivity contribution in [2.24, 2.45) is 0 Å². The van der Waals surface area contributed by atoms with Gasteiger partial charge < -0.3 is 10.2 Å². The van der Waals surface area contributed by atoms with Gasteiger partial charge in [0.2, 0.25) is 10.0 Å². The van der Waals surface area contributed by atoms with Gasteiger partial charge in [0.25, 0.3) is 0 Å². The normalized spacial score (nSPS) is 14.6. The van der Waals surface area contributed by atoms with Gasteiger partial charge in [-0.25, -0.2) is 8.42 Å². The molecule has 0 spiro atoms. The van der Waals surface area contributed by atoms with Crippen LogP contribution in [0, 0.1) is 0 Å². The molecule has 0 aliphatic rings. The Balaban J connectivity index is 3.23. The lowest BCUT2D eigenvalue weighted by Gasteiger charge is -2.32. The Kier molecular flexibility index (Phi) is 5.32. The second-order valence-corrected chi connectivity index (χ2v) is 7.41. The summed E-state index contributed by atoms with van der Waals surface area (Å²) in [6.45, 7) is 4.84. The van der Waals surface area contributed by atoms with Gasteiger partial charge >= 0.3 is 0 Å². The second-order valence-electron chi connectivity index (χ2n) is 5.44. The summed E-state index contributed by atoms with van der Waals surface area (Å²) in [5, 5.41) is 19.1. The average molecular weight is 301 g/mol. The molecule has 2 N–H and O–H groups in total. The van der Waals surface area contributed by atoms with Gasteiger partial charge in [-0.15, -0.1) is 0 Å². The lowest BCUT2D eigenvalue weighted by Crippen LogP contribution is -2.47. The molecular weight excluding hydrogens is 278 g/mol. The lowest BCUT2D eigenvalue weighted by molar-refractivity contribution is 0.138. The largest absolute Gasteiger partial charge is 0.394 e. The summed E-state index contributed by atoms with van der Waals surface area (Å²) >= 11 is 0. The average Bonchev–Trinajstić information content (AvgIpc) is 2.45. The minimum absolute atomic E-state index is 0.117. The standard InChI is InChI=1S/C14H23NO4S/c1-5-13(17)11-7-6-8-12(9-11)20(18,19)15(4)14(2,3)10-16/h6-9,13,16-17H,5,10H2,1-4H3. The monoisotopic (exact) mass is 301 g/mol. The zero-order valence-electron chi connectivity index (χ0n) is 12.4. The fourth-order valence-corrected chi connectivity index (χ4v) is 3.26. The van der Waals surface area contributed by atoms with Crippen LogP contribution in [0.2, 0.25) is 0 Å². The topological polar surface area (TPSA) is 77.8 Å². The van der Waals surface area contributed by atoms with E-state index in [0.29, 0.717) is 12.0 Å². The summed E-state index contributed by atoms with van der Waals surface area (Å²) in [7, 11) is -2.27. The van der Waals surface area contributed by atoms with Gasteiger partial charge in [-0.3, -0.25) is 0 Å². The van der Waals surface area contributed by atoms with E-state index in [9.17, 15) is 18.6 Å². The van der Waals surface area contributed by atoms with Crippen molar-refractivity contribution in [3.05, 3.63) is 29.8 Å². The molecule has 1 rings (SSSR count). The zero-order valence-corrected chi connectivity index (χ0v) is 13.2. The molecule has 0 radical (unpaired) electrons. The number of rotatable bonds is 6. The van der Waals surface area contributed by atoms with Crippen LogP contribution in [0.4, 0.5) is 0 Å². The first-order valence-electron chi connectivity index (χ1n) is 6.54. The van der Waals surface area contributed by atoms with Crippen LogP contribution < -0.4 is 0 Å². The van der Waals surface area contributed by atoms with Crippen LogP contribution in [0.15, 0.2) is 29.2 Å². The number of likely N-dealkylation sites (N-methyl/N-ethyl adjacent to an activating group) is 1. The highest BCUT2D eigenvalue weighted by Crippen LogP contribution is 2.25. The molecule has 0 fully saturated rings. The predicted molar refractivity (Wildman–Crippen MR) is 77.8 cm³/mol. The molecule has 6 heteroatoms. The Morgan fingerprint density at radius 1 is 1.35 bits per heavy atom. The SMILES string of the molecule is CCC(O)c1cccc(S(=O)(=O)N(C)C(C)(C)CO)c1. The van der Waals surface area contributed by atoms with Crippen molar-refractivity contribution >= 4 is 10.0 Å². The molecule has 20 heavy (non-hydrogen) atoms. The van der Waals surface area contributed by atoms with E-state index in [4.69, 9.17) is 0 Å². The molecule has 0 saturated heterocycles. The Bertz CT molecular complexity index is 554. The highest BCUT2D eigenvalue weighted by molar-refractivity contribution is 7.89. The number of nitrogens with zero attached hydrogens (tertiary/aromatic N) is 1. The number of benzene rings is 1. The third-order valence-corrected chi connectivity index (χ3v) is 5.59. The molecule has 0 aliphatic carbocycles. The zero-order chi connectivity index (χ0) is 15.6. The molecule has 0 heterocycles. The van der Waals surface area contributed by atoms with Gasteiger partial charge in [-0.05, 0) is 38.0 Å². The molecule has 0 bridgehead atoms. The van der Waals surface area contributed by atoms with E-state index in [1.807, 2.05) is 6.92 Å². The van der Waals surface area contributed by atoms with Crippen molar-refractivity contribution in [1.29, 1.82) is 0 Å². The van der Waals surface area contributed by atoms with Crippen molar-refractivity contribution in [2.75, 3.05) is 13.7 Å². The molecule has 1 unspecified atom stereocenters. The van der Waals surface area contributed by atoms with Crippen molar-refractivity contribution in [3.8, 4) is 0 Å². The summed E-state index contributed by atoms with van der Waals surface area (Å²) < 4.78 is 26.2. The van der Waals surface area contributed by atoms with Gasteiger partial charge in [0.05, 0.1) is 23.1 Å². The van der Waals surface area contributed by atoms with E-state index in [1.165, 1.54) is 19.2 Å². The maximum Gasteiger partial charge on any atom is 0.243 e. The van der Waals surface area contributed by atoms with Crippen molar-refractivity contribution in [2.45, 2.75) is 43.7 Å². The molecule has 1 aromatic rings. The highest BCUT2D eigenvalue weighted by atomic mass is 32.2. The summed E-state index contributed by atoms with van der Waals surface area (Å²) in [6.07, 6.45) is -0.164. The molecule has 5 nitrogen and oxygen atoms in total. The van der Waals surface area contributed by atoms with E-state index >= 15 is 0 Å². The minimum Gasteiger partial charge on any atom is -0.394 e. The van der Waals surface area contributed by atoms with Crippen LogP contribution >= 0.6 is 0 Å². The third kappa shape index (κ3) is 3.38. The van der Waals surface area contributed by atoms with Gasteiger partial charge in [0.15, 0.2) is 0 Å². The van der Waals surface area contributed by atoms with E-state index in [1.54, 1.807) is 26.0 Å². The number of aliphatic hydroxyl groups excluding tert-OH is 2. The molecule has 1 aromatic carbocycles. The van der Waals surface area contributed by atoms with Crippen LogP contribution in [0.1, 0.15) is 38.9 Å². The van der Waals surface area contributed by atoms with Crippen molar-refractivity contribution in [1.82, 2.24) is 4.31 Å². The quantitative estimate of drug-likeness (QED) is 0.835. The maximum absolute atomic E-state index is 12.5. The maximum atomic E-state index is 12.5. The van der Waals surface area contributed by atoms with E-state index in [2.05, 4.69) is 0 Å². The Morgan fingerprint density at radius 3 is 2.45 bits per heavy atom. The molecule has 0 amide bonds. The minimum atomic E-state index is -3.71. The molecule has 114 valence electrons. The van der Waals surface area contributed by atoms with Crippen molar-refractivity contribution in [3.63, 3.8) is 0 Å². The van der Waals surface area contributed by atoms with Gasteiger partial charge in [-0.1, -0.05) is 19.1 Å². The number of sulfonamides is 1. The van der Waals surface area contributed by atoms with Crippen LogP contribution in [-0.2, 0) is 10.0 Å². The van der Waals surface area contributed by atoms with Crippen LogP contribution in [-0.4, -0.2) is 42.1 Å². The fraction of sp³-hybridized carbons (Fsp3) is 0.571. The molecule has 0 saturated carbocycles. The van der Waals surface area contributed by atoms with Crippen molar-refractivity contribution < 1.29 is 18.6 Å². The van der Waals surface area contributed by atoms with E-state index in [0.717, 1.165) is 4.31 Å². The number of aliphatic hydroxyl groups is 2. The molecule has 0 aliphatic heterocycles. The van der Waals surface area contributed by atoms with E-state index < -0.39 is 21.7 Å². The van der Waals surface area contributed by atoms with Gasteiger partial charge in [0, 0.05) is 7.05 Å².